The molecule has 122 valence electrons. The summed E-state index contributed by atoms with van der Waals surface area (Å²) in [6.07, 6.45) is 0.434. The van der Waals surface area contributed by atoms with E-state index in [2.05, 4.69) is 29.3 Å². The Bertz CT molecular complexity index is 619. The molecule has 0 aliphatic carbocycles. The molecule has 2 aromatic rings. The normalized spacial score (nSPS) is 16.9. The second-order valence-corrected chi connectivity index (χ2v) is 6.78. The van der Waals surface area contributed by atoms with Gasteiger partial charge < -0.3 is 10.1 Å². The number of anilines is 1. The predicted molar refractivity (Wildman–Crippen MR) is 93.9 cm³/mol. The number of hydrogen-bond acceptors (Lipinski definition) is 4. The molecule has 1 atom stereocenters. The molecule has 1 aromatic carbocycles. The van der Waals surface area contributed by atoms with E-state index in [1.54, 1.807) is 11.3 Å². The Morgan fingerprint density at radius 1 is 1.26 bits per heavy atom. The van der Waals surface area contributed by atoms with Gasteiger partial charge in [-0.3, -0.25) is 9.69 Å². The number of hydrogen-bond donors (Lipinski definition) is 1. The zero-order valence-electron chi connectivity index (χ0n) is 13.3. The molecule has 4 nitrogen and oxygen atoms in total. The van der Waals surface area contributed by atoms with E-state index in [9.17, 15) is 4.79 Å². The molecule has 1 aromatic heterocycles. The van der Waals surface area contributed by atoms with Crippen molar-refractivity contribution in [3.8, 4) is 0 Å². The summed E-state index contributed by atoms with van der Waals surface area (Å²) in [5, 5.41) is 4.95. The van der Waals surface area contributed by atoms with Crippen molar-refractivity contribution < 1.29 is 9.53 Å². The maximum atomic E-state index is 12.0. The molecule has 2 heterocycles. The van der Waals surface area contributed by atoms with Gasteiger partial charge in [0, 0.05) is 29.7 Å². The maximum absolute atomic E-state index is 12.0. The molecule has 1 unspecified atom stereocenters. The van der Waals surface area contributed by atoms with Crippen molar-refractivity contribution in [3.05, 3.63) is 52.2 Å². The third-order valence-electron chi connectivity index (χ3n) is 4.19. The zero-order chi connectivity index (χ0) is 16.1. The van der Waals surface area contributed by atoms with E-state index in [1.165, 1.54) is 5.56 Å². The Morgan fingerprint density at radius 2 is 2.00 bits per heavy atom. The number of morpholine rings is 1. The van der Waals surface area contributed by atoms with E-state index >= 15 is 0 Å². The summed E-state index contributed by atoms with van der Waals surface area (Å²) < 4.78 is 5.40. The van der Waals surface area contributed by atoms with Gasteiger partial charge in [-0.25, -0.2) is 0 Å². The first-order valence-electron chi connectivity index (χ1n) is 7.96. The Balaban J connectivity index is 1.57. The Kier molecular flexibility index (Phi) is 5.43. The SMILES string of the molecule is CC(c1ccc(NC(=O)Cc2cccs2)cc1)N1CCOCC1. The number of amides is 1. The fourth-order valence-electron chi connectivity index (χ4n) is 2.80. The number of nitrogens with one attached hydrogen (secondary N) is 1. The number of carbonyl (C=O) groups is 1. The molecule has 3 rings (SSSR count). The zero-order valence-corrected chi connectivity index (χ0v) is 14.1. The van der Waals surface area contributed by atoms with Crippen LogP contribution in [0.15, 0.2) is 41.8 Å². The van der Waals surface area contributed by atoms with E-state index in [0.717, 1.165) is 36.9 Å². The van der Waals surface area contributed by atoms with Crippen LogP contribution in [0.2, 0.25) is 0 Å². The highest BCUT2D eigenvalue weighted by atomic mass is 32.1. The Morgan fingerprint density at radius 3 is 2.65 bits per heavy atom. The van der Waals surface area contributed by atoms with E-state index in [1.807, 2.05) is 29.6 Å². The van der Waals surface area contributed by atoms with Crippen LogP contribution in [0.25, 0.3) is 0 Å². The van der Waals surface area contributed by atoms with Crippen molar-refractivity contribution in [1.29, 1.82) is 0 Å². The summed E-state index contributed by atoms with van der Waals surface area (Å²) in [5.41, 5.74) is 2.12. The number of carbonyl (C=O) groups excluding carboxylic acids is 1. The molecule has 5 heteroatoms. The fraction of sp³-hybridized carbons (Fsp3) is 0.389. The smallest absolute Gasteiger partial charge is 0.229 e. The average molecular weight is 330 g/mol. The van der Waals surface area contributed by atoms with E-state index in [-0.39, 0.29) is 5.91 Å². The quantitative estimate of drug-likeness (QED) is 0.914. The molecular formula is C18H22N2O2S. The summed E-state index contributed by atoms with van der Waals surface area (Å²) in [5.74, 6) is 0.0291. The highest BCUT2D eigenvalue weighted by Gasteiger charge is 2.18. The molecule has 1 aliphatic heterocycles. The van der Waals surface area contributed by atoms with Gasteiger partial charge in [-0.05, 0) is 36.1 Å². The van der Waals surface area contributed by atoms with Gasteiger partial charge in [-0.1, -0.05) is 18.2 Å². The first kappa shape index (κ1) is 16.2. The lowest BCUT2D eigenvalue weighted by molar-refractivity contribution is -0.115. The van der Waals surface area contributed by atoms with Gasteiger partial charge in [0.25, 0.3) is 0 Å². The summed E-state index contributed by atoms with van der Waals surface area (Å²) in [7, 11) is 0. The number of ether oxygens (including phenoxy) is 1. The second-order valence-electron chi connectivity index (χ2n) is 5.75. The topological polar surface area (TPSA) is 41.6 Å². The van der Waals surface area contributed by atoms with Crippen molar-refractivity contribution in [2.45, 2.75) is 19.4 Å². The largest absolute Gasteiger partial charge is 0.379 e. The van der Waals surface area contributed by atoms with Crippen molar-refractivity contribution in [2.24, 2.45) is 0 Å². The van der Waals surface area contributed by atoms with Crippen LogP contribution in [-0.4, -0.2) is 37.1 Å². The highest BCUT2D eigenvalue weighted by molar-refractivity contribution is 7.10. The minimum absolute atomic E-state index is 0.0291. The standard InChI is InChI=1S/C18H22N2O2S/c1-14(20-8-10-22-11-9-20)15-4-6-16(7-5-15)19-18(21)13-17-3-2-12-23-17/h2-7,12,14H,8-11,13H2,1H3,(H,19,21). The van der Waals surface area contributed by atoms with E-state index < -0.39 is 0 Å². The lowest BCUT2D eigenvalue weighted by Gasteiger charge is -2.32. The molecule has 23 heavy (non-hydrogen) atoms. The number of thiophene rings is 1. The van der Waals surface area contributed by atoms with Crippen LogP contribution in [0.3, 0.4) is 0 Å². The highest BCUT2D eigenvalue weighted by Crippen LogP contribution is 2.23. The first-order valence-corrected chi connectivity index (χ1v) is 8.84. The van der Waals surface area contributed by atoms with Crippen molar-refractivity contribution in [3.63, 3.8) is 0 Å². The molecule has 1 aliphatic rings. The number of nitrogens with zero attached hydrogens (tertiary/aromatic N) is 1. The Hall–Kier alpha value is -1.69. The Labute approximate surface area is 141 Å². The fourth-order valence-corrected chi connectivity index (χ4v) is 3.50. The average Bonchev–Trinajstić information content (AvgIpc) is 3.08. The van der Waals surface area contributed by atoms with Gasteiger partial charge in [-0.15, -0.1) is 11.3 Å². The molecule has 1 saturated heterocycles. The van der Waals surface area contributed by atoms with Crippen LogP contribution in [0, 0.1) is 0 Å². The first-order chi connectivity index (χ1) is 11.2. The summed E-state index contributed by atoms with van der Waals surface area (Å²) in [4.78, 5) is 15.5. The van der Waals surface area contributed by atoms with Gasteiger partial charge in [0.2, 0.25) is 5.91 Å². The van der Waals surface area contributed by atoms with Crippen molar-refractivity contribution >= 4 is 22.9 Å². The van der Waals surface area contributed by atoms with Gasteiger partial charge in [0.05, 0.1) is 19.6 Å². The molecule has 0 radical (unpaired) electrons. The van der Waals surface area contributed by atoms with Gasteiger partial charge in [0.1, 0.15) is 0 Å². The summed E-state index contributed by atoms with van der Waals surface area (Å²) >= 11 is 1.61. The molecule has 1 fully saturated rings. The summed E-state index contributed by atoms with van der Waals surface area (Å²) in [6, 6.07) is 12.5. The minimum Gasteiger partial charge on any atom is -0.379 e. The van der Waals surface area contributed by atoms with Crippen LogP contribution in [0.5, 0.6) is 0 Å². The van der Waals surface area contributed by atoms with Crippen LogP contribution < -0.4 is 5.32 Å². The van der Waals surface area contributed by atoms with Gasteiger partial charge in [0.15, 0.2) is 0 Å². The van der Waals surface area contributed by atoms with Crippen LogP contribution in [-0.2, 0) is 16.0 Å². The minimum atomic E-state index is 0.0291. The van der Waals surface area contributed by atoms with Crippen LogP contribution in [0.4, 0.5) is 5.69 Å². The maximum Gasteiger partial charge on any atom is 0.229 e. The lowest BCUT2D eigenvalue weighted by atomic mass is 10.1. The van der Waals surface area contributed by atoms with Crippen molar-refractivity contribution in [2.75, 3.05) is 31.6 Å². The van der Waals surface area contributed by atoms with E-state index in [0.29, 0.717) is 12.5 Å². The molecular weight excluding hydrogens is 308 g/mol. The third-order valence-corrected chi connectivity index (χ3v) is 5.06. The van der Waals surface area contributed by atoms with Crippen LogP contribution >= 0.6 is 11.3 Å². The predicted octanol–water partition coefficient (Wildman–Crippen LogP) is 3.32. The molecule has 1 N–H and O–H groups in total. The molecule has 0 saturated carbocycles. The number of benzene rings is 1. The number of rotatable bonds is 5. The molecule has 1 amide bonds. The van der Waals surface area contributed by atoms with Crippen LogP contribution in [0.1, 0.15) is 23.4 Å². The van der Waals surface area contributed by atoms with Gasteiger partial charge in [-0.2, -0.15) is 0 Å². The lowest BCUT2D eigenvalue weighted by Crippen LogP contribution is -2.37. The second kappa shape index (κ2) is 7.73. The molecule has 0 bridgehead atoms. The summed E-state index contributed by atoms with van der Waals surface area (Å²) in [6.45, 7) is 5.78. The van der Waals surface area contributed by atoms with Crippen molar-refractivity contribution in [1.82, 2.24) is 4.90 Å². The monoisotopic (exact) mass is 330 g/mol. The van der Waals surface area contributed by atoms with E-state index in [4.69, 9.17) is 4.74 Å². The van der Waals surface area contributed by atoms with Gasteiger partial charge >= 0.3 is 0 Å². The third kappa shape index (κ3) is 4.41. The molecule has 0 spiro atoms.